The molecule has 10 heteroatoms. The number of ether oxygens (including phenoxy) is 1. The Morgan fingerprint density at radius 3 is 2.11 bits per heavy atom. The van der Waals surface area contributed by atoms with Crippen molar-refractivity contribution < 1.29 is 21.6 Å². The number of benzene rings is 3. The van der Waals surface area contributed by atoms with Gasteiger partial charge in [0.15, 0.2) is 9.84 Å². The summed E-state index contributed by atoms with van der Waals surface area (Å²) in [5, 5.41) is 10.6. The van der Waals surface area contributed by atoms with Crippen molar-refractivity contribution in [3.05, 3.63) is 78.4 Å². The molecule has 0 aliphatic carbocycles. The molecule has 3 aromatic carbocycles. The van der Waals surface area contributed by atoms with E-state index in [1.54, 1.807) is 17.1 Å². The van der Waals surface area contributed by atoms with Gasteiger partial charge >= 0.3 is 0 Å². The summed E-state index contributed by atoms with van der Waals surface area (Å²) in [5.74, 6) is 1.15. The number of sulfone groups is 1. The van der Waals surface area contributed by atoms with Gasteiger partial charge < -0.3 is 4.74 Å². The van der Waals surface area contributed by atoms with Gasteiger partial charge in [-0.15, -0.1) is 4.83 Å². The number of nitrogens with zero attached hydrogens (tertiary/aromatic N) is 2. The molecule has 194 valence electrons. The van der Waals surface area contributed by atoms with E-state index < -0.39 is 19.9 Å². The average Bonchev–Trinajstić information content (AvgIpc) is 3.33. The standard InChI is InChI=1S/C27H29N3O5S2/c1-36(31,32)26-12-14-27(15-13-26)37(33,34)29-30-17-16-22(20-30)3-2-18-35-25-10-8-24(9-11-25)23-6-4-21(19-28)5-7-23/h4-15,22,29H,2-3,16-18,20H2,1H3/t22-/m1/s1. The van der Waals surface area contributed by atoms with Gasteiger partial charge in [0.2, 0.25) is 0 Å². The lowest BCUT2D eigenvalue weighted by atomic mass is 10.0. The molecule has 0 saturated carbocycles. The summed E-state index contributed by atoms with van der Waals surface area (Å²) in [6.45, 7) is 1.80. The minimum Gasteiger partial charge on any atom is -0.494 e. The molecule has 0 aromatic heterocycles. The van der Waals surface area contributed by atoms with E-state index in [2.05, 4.69) is 10.9 Å². The van der Waals surface area contributed by atoms with E-state index in [9.17, 15) is 16.8 Å². The van der Waals surface area contributed by atoms with Gasteiger partial charge in [-0.1, -0.05) is 24.3 Å². The highest BCUT2D eigenvalue weighted by Gasteiger charge is 2.26. The first-order chi connectivity index (χ1) is 17.6. The third-order valence-electron chi connectivity index (χ3n) is 6.32. The second-order valence-electron chi connectivity index (χ2n) is 9.14. The van der Waals surface area contributed by atoms with Gasteiger partial charge in [-0.25, -0.2) is 21.8 Å². The molecule has 1 aliphatic heterocycles. The minimum atomic E-state index is -3.78. The van der Waals surface area contributed by atoms with Crippen LogP contribution in [-0.4, -0.2) is 47.8 Å². The molecule has 0 unspecified atom stereocenters. The van der Waals surface area contributed by atoms with E-state index in [0.717, 1.165) is 42.4 Å². The van der Waals surface area contributed by atoms with Crippen molar-refractivity contribution in [1.82, 2.24) is 9.84 Å². The molecule has 4 rings (SSSR count). The lowest BCUT2D eigenvalue weighted by molar-refractivity contribution is 0.269. The average molecular weight is 540 g/mol. The number of hydrogen-bond donors (Lipinski definition) is 1. The smallest absolute Gasteiger partial charge is 0.253 e. The predicted octanol–water partition coefficient (Wildman–Crippen LogP) is 4.00. The van der Waals surface area contributed by atoms with Crippen LogP contribution in [0.3, 0.4) is 0 Å². The monoisotopic (exact) mass is 539 g/mol. The fraction of sp³-hybridized carbons (Fsp3) is 0.296. The molecule has 3 aromatic rings. The summed E-state index contributed by atoms with van der Waals surface area (Å²) >= 11 is 0. The Labute approximate surface area is 218 Å². The second-order valence-corrected chi connectivity index (χ2v) is 12.8. The molecular weight excluding hydrogens is 510 g/mol. The maximum atomic E-state index is 12.7. The fourth-order valence-electron chi connectivity index (χ4n) is 4.28. The van der Waals surface area contributed by atoms with Gasteiger partial charge in [0.05, 0.1) is 28.0 Å². The number of hydrazine groups is 1. The summed E-state index contributed by atoms with van der Waals surface area (Å²) in [6, 6.07) is 22.6. The fourth-order valence-corrected chi connectivity index (χ4v) is 6.02. The van der Waals surface area contributed by atoms with Crippen LogP contribution in [0.5, 0.6) is 5.75 Å². The largest absolute Gasteiger partial charge is 0.494 e. The lowest BCUT2D eigenvalue weighted by Crippen LogP contribution is -2.40. The number of sulfonamides is 1. The first kappa shape index (κ1) is 26.8. The van der Waals surface area contributed by atoms with Crippen LogP contribution in [0.2, 0.25) is 0 Å². The minimum absolute atomic E-state index is 0.0296. The first-order valence-electron chi connectivity index (χ1n) is 11.9. The molecule has 37 heavy (non-hydrogen) atoms. The van der Waals surface area contributed by atoms with Crippen LogP contribution in [0, 0.1) is 17.2 Å². The molecule has 0 radical (unpaired) electrons. The zero-order valence-electron chi connectivity index (χ0n) is 20.5. The third kappa shape index (κ3) is 7.17. The Morgan fingerprint density at radius 2 is 1.51 bits per heavy atom. The summed E-state index contributed by atoms with van der Waals surface area (Å²) < 4.78 is 54.4. The Hall–Kier alpha value is -3.23. The van der Waals surface area contributed by atoms with Crippen molar-refractivity contribution in [3.8, 4) is 22.9 Å². The van der Waals surface area contributed by atoms with Crippen molar-refractivity contribution in [1.29, 1.82) is 5.26 Å². The van der Waals surface area contributed by atoms with Crippen LogP contribution in [-0.2, 0) is 19.9 Å². The molecule has 1 fully saturated rings. The molecule has 0 spiro atoms. The van der Waals surface area contributed by atoms with Crippen LogP contribution >= 0.6 is 0 Å². The van der Waals surface area contributed by atoms with Gasteiger partial charge in [0.25, 0.3) is 10.0 Å². The van der Waals surface area contributed by atoms with Gasteiger partial charge in [-0.2, -0.15) is 5.26 Å². The molecule has 0 amide bonds. The Bertz CT molecular complexity index is 1460. The number of rotatable bonds is 10. The summed E-state index contributed by atoms with van der Waals surface area (Å²) in [7, 11) is -7.16. The Balaban J connectivity index is 1.20. The van der Waals surface area contributed by atoms with E-state index in [1.165, 1.54) is 24.3 Å². The van der Waals surface area contributed by atoms with E-state index in [1.807, 2.05) is 36.4 Å². The van der Waals surface area contributed by atoms with Crippen LogP contribution in [0.15, 0.2) is 82.6 Å². The molecule has 1 heterocycles. The van der Waals surface area contributed by atoms with E-state index in [0.29, 0.717) is 31.2 Å². The predicted molar refractivity (Wildman–Crippen MR) is 141 cm³/mol. The summed E-state index contributed by atoms with van der Waals surface area (Å²) in [4.78, 5) is 2.72. The Kier molecular flexibility index (Phi) is 8.29. The highest BCUT2D eigenvalue weighted by Crippen LogP contribution is 2.24. The van der Waals surface area contributed by atoms with Crippen LogP contribution < -0.4 is 9.57 Å². The van der Waals surface area contributed by atoms with E-state index in [-0.39, 0.29) is 9.79 Å². The molecule has 1 saturated heterocycles. The van der Waals surface area contributed by atoms with Crippen molar-refractivity contribution >= 4 is 19.9 Å². The molecule has 1 N–H and O–H groups in total. The SMILES string of the molecule is CS(=O)(=O)c1ccc(S(=O)(=O)NN2CC[C@@H](CCCOc3ccc(-c4ccc(C#N)cc4)cc3)C2)cc1. The van der Waals surface area contributed by atoms with Crippen molar-refractivity contribution in [2.24, 2.45) is 5.92 Å². The second kappa shape index (κ2) is 11.4. The molecule has 1 atom stereocenters. The quantitative estimate of drug-likeness (QED) is 0.387. The topological polar surface area (TPSA) is 117 Å². The molecule has 0 bridgehead atoms. The number of nitriles is 1. The van der Waals surface area contributed by atoms with Crippen LogP contribution in [0.25, 0.3) is 11.1 Å². The molecule has 1 aliphatic rings. The van der Waals surface area contributed by atoms with Crippen molar-refractivity contribution in [2.45, 2.75) is 29.1 Å². The maximum Gasteiger partial charge on any atom is 0.253 e. The number of hydrogen-bond acceptors (Lipinski definition) is 7. The highest BCUT2D eigenvalue weighted by atomic mass is 32.2. The highest BCUT2D eigenvalue weighted by molar-refractivity contribution is 7.90. The molecular formula is C27H29N3O5S2. The maximum absolute atomic E-state index is 12.7. The zero-order valence-corrected chi connectivity index (χ0v) is 22.1. The zero-order chi connectivity index (χ0) is 26.5. The van der Waals surface area contributed by atoms with Gasteiger partial charge in [-0.05, 0) is 84.8 Å². The van der Waals surface area contributed by atoms with E-state index >= 15 is 0 Å². The first-order valence-corrected chi connectivity index (χ1v) is 15.3. The van der Waals surface area contributed by atoms with Gasteiger partial charge in [0, 0.05) is 19.3 Å². The van der Waals surface area contributed by atoms with Crippen LogP contribution in [0.4, 0.5) is 0 Å². The van der Waals surface area contributed by atoms with Gasteiger partial charge in [-0.3, -0.25) is 0 Å². The van der Waals surface area contributed by atoms with Crippen molar-refractivity contribution in [2.75, 3.05) is 26.0 Å². The van der Waals surface area contributed by atoms with Crippen molar-refractivity contribution in [3.63, 3.8) is 0 Å². The summed E-state index contributed by atoms with van der Waals surface area (Å²) in [6.07, 6.45) is 3.74. The lowest BCUT2D eigenvalue weighted by Gasteiger charge is -2.18. The van der Waals surface area contributed by atoms with Crippen LogP contribution in [0.1, 0.15) is 24.8 Å². The normalized spacial score (nSPS) is 16.4. The van der Waals surface area contributed by atoms with Gasteiger partial charge in [0.1, 0.15) is 5.75 Å². The third-order valence-corrected chi connectivity index (χ3v) is 8.84. The van der Waals surface area contributed by atoms with E-state index in [4.69, 9.17) is 10.00 Å². The molecule has 8 nitrogen and oxygen atoms in total. The number of nitrogens with one attached hydrogen (secondary N) is 1. The summed E-state index contributed by atoms with van der Waals surface area (Å²) in [5.41, 5.74) is 2.72. The Morgan fingerprint density at radius 1 is 0.919 bits per heavy atom.